The number of nitrogens with one attached hydrogen (secondary N) is 1. The van der Waals surface area contributed by atoms with Gasteiger partial charge in [0.05, 0.1) is 11.4 Å². The van der Waals surface area contributed by atoms with E-state index >= 15 is 0 Å². The highest BCUT2D eigenvalue weighted by molar-refractivity contribution is 5.94. The van der Waals surface area contributed by atoms with Gasteiger partial charge in [0.2, 0.25) is 5.91 Å². The maximum Gasteiger partial charge on any atom is 0.250 e. The first-order valence-corrected chi connectivity index (χ1v) is 6.06. The summed E-state index contributed by atoms with van der Waals surface area (Å²) >= 11 is 0. The zero-order chi connectivity index (χ0) is 13.4. The van der Waals surface area contributed by atoms with E-state index in [1.54, 1.807) is 0 Å². The second-order valence-corrected chi connectivity index (χ2v) is 4.04. The van der Waals surface area contributed by atoms with Gasteiger partial charge in [0.15, 0.2) is 0 Å². The van der Waals surface area contributed by atoms with E-state index < -0.39 is 5.82 Å². The smallest absolute Gasteiger partial charge is 0.250 e. The van der Waals surface area contributed by atoms with Crippen LogP contribution in [0.25, 0.3) is 0 Å². The Morgan fingerprint density at radius 1 is 1.44 bits per heavy atom. The summed E-state index contributed by atoms with van der Waals surface area (Å²) in [6, 6.07) is 3.84. The summed E-state index contributed by atoms with van der Waals surface area (Å²) in [6.07, 6.45) is 3.12. The monoisotopic (exact) mass is 254 g/mol. The van der Waals surface area contributed by atoms with Crippen molar-refractivity contribution in [2.45, 2.75) is 26.2 Å². The summed E-state index contributed by atoms with van der Waals surface area (Å²) in [7, 11) is 0. The van der Waals surface area contributed by atoms with Crippen LogP contribution in [0.3, 0.4) is 0 Å². The first-order chi connectivity index (χ1) is 8.63. The van der Waals surface area contributed by atoms with E-state index in [1.807, 2.05) is 0 Å². The Morgan fingerprint density at radius 2 is 2.22 bits per heavy atom. The Balaban J connectivity index is 2.33. The van der Waals surface area contributed by atoms with Gasteiger partial charge in [0.1, 0.15) is 12.4 Å². The van der Waals surface area contributed by atoms with Crippen LogP contribution in [0.5, 0.6) is 0 Å². The highest BCUT2D eigenvalue weighted by Gasteiger charge is 2.06. The van der Waals surface area contributed by atoms with E-state index in [9.17, 15) is 9.18 Å². The number of hydrogen-bond acceptors (Lipinski definition) is 3. The lowest BCUT2D eigenvalue weighted by Gasteiger charge is -2.08. The number of unbranched alkanes of at least 4 members (excludes halogenated alkanes) is 2. The molecule has 3 N–H and O–H groups in total. The lowest BCUT2D eigenvalue weighted by molar-refractivity contribution is -0.120. The van der Waals surface area contributed by atoms with Crippen LogP contribution in [-0.2, 0) is 9.53 Å². The average molecular weight is 254 g/mol. The molecule has 0 bridgehead atoms. The minimum atomic E-state index is -0.441. The van der Waals surface area contributed by atoms with Gasteiger partial charge in [-0.25, -0.2) is 4.39 Å². The zero-order valence-corrected chi connectivity index (χ0v) is 10.5. The number of carbonyl (C=O) groups excluding carboxylic acids is 1. The molecule has 0 saturated heterocycles. The molecule has 0 spiro atoms. The molecule has 0 unspecified atom stereocenters. The predicted molar refractivity (Wildman–Crippen MR) is 69.8 cm³/mol. The van der Waals surface area contributed by atoms with Crippen LogP contribution in [0.15, 0.2) is 18.2 Å². The number of anilines is 2. The van der Waals surface area contributed by atoms with Crippen LogP contribution < -0.4 is 11.1 Å². The Morgan fingerprint density at radius 3 is 2.94 bits per heavy atom. The molecular formula is C13H19FN2O2. The van der Waals surface area contributed by atoms with Crippen molar-refractivity contribution >= 4 is 17.3 Å². The molecule has 18 heavy (non-hydrogen) atoms. The molecule has 0 aromatic heterocycles. The third kappa shape index (κ3) is 5.14. The molecule has 0 heterocycles. The topological polar surface area (TPSA) is 64.3 Å². The van der Waals surface area contributed by atoms with Gasteiger partial charge in [-0.3, -0.25) is 4.79 Å². The molecule has 1 aromatic rings. The second-order valence-electron chi connectivity index (χ2n) is 4.04. The summed E-state index contributed by atoms with van der Waals surface area (Å²) in [5.74, 6) is -0.771. The first-order valence-electron chi connectivity index (χ1n) is 6.06. The Kier molecular flexibility index (Phi) is 6.14. The largest absolute Gasteiger partial charge is 0.397 e. The van der Waals surface area contributed by atoms with E-state index in [-0.39, 0.29) is 18.2 Å². The van der Waals surface area contributed by atoms with Gasteiger partial charge in [0, 0.05) is 6.61 Å². The van der Waals surface area contributed by atoms with E-state index in [2.05, 4.69) is 12.2 Å². The maximum absolute atomic E-state index is 13.0. The Hall–Kier alpha value is -1.62. The minimum absolute atomic E-state index is 0.0420. The molecule has 0 aliphatic heterocycles. The maximum atomic E-state index is 13.0. The van der Waals surface area contributed by atoms with E-state index in [0.717, 1.165) is 19.3 Å². The number of nitrogen functional groups attached to an aromatic ring is 1. The predicted octanol–water partition coefficient (Wildman–Crippen LogP) is 2.55. The Bertz CT molecular complexity index is 397. The number of halogens is 1. The van der Waals surface area contributed by atoms with Crippen molar-refractivity contribution in [3.63, 3.8) is 0 Å². The van der Waals surface area contributed by atoms with Gasteiger partial charge in [-0.1, -0.05) is 19.8 Å². The van der Waals surface area contributed by atoms with Gasteiger partial charge in [-0.15, -0.1) is 0 Å². The number of benzene rings is 1. The summed E-state index contributed by atoms with van der Waals surface area (Å²) in [5, 5.41) is 2.51. The van der Waals surface area contributed by atoms with Crippen molar-refractivity contribution in [2.75, 3.05) is 24.3 Å². The molecule has 0 fully saturated rings. The zero-order valence-electron chi connectivity index (χ0n) is 10.5. The van der Waals surface area contributed by atoms with Crippen LogP contribution in [0.1, 0.15) is 26.2 Å². The van der Waals surface area contributed by atoms with Crippen LogP contribution in [0.2, 0.25) is 0 Å². The summed E-state index contributed by atoms with van der Waals surface area (Å²) in [4.78, 5) is 11.5. The van der Waals surface area contributed by atoms with Crippen LogP contribution in [0, 0.1) is 5.82 Å². The highest BCUT2D eigenvalue weighted by Crippen LogP contribution is 2.18. The van der Waals surface area contributed by atoms with Crippen molar-refractivity contribution < 1.29 is 13.9 Å². The van der Waals surface area contributed by atoms with E-state index in [4.69, 9.17) is 10.5 Å². The van der Waals surface area contributed by atoms with Gasteiger partial charge < -0.3 is 15.8 Å². The number of rotatable bonds is 7. The molecule has 0 atom stereocenters. The second kappa shape index (κ2) is 7.66. The Labute approximate surface area is 106 Å². The van der Waals surface area contributed by atoms with Gasteiger partial charge >= 0.3 is 0 Å². The third-order valence-corrected chi connectivity index (χ3v) is 2.41. The fraction of sp³-hybridized carbons (Fsp3) is 0.462. The van der Waals surface area contributed by atoms with Crippen LogP contribution in [-0.4, -0.2) is 19.1 Å². The standard InChI is InChI=1S/C13H19FN2O2/c1-2-3-4-7-18-9-13(17)16-12-8-10(14)5-6-11(12)15/h5-6,8H,2-4,7,9,15H2,1H3,(H,16,17). The van der Waals surface area contributed by atoms with E-state index in [0.29, 0.717) is 12.3 Å². The molecule has 0 aliphatic carbocycles. The van der Waals surface area contributed by atoms with Crippen molar-refractivity contribution in [1.29, 1.82) is 0 Å². The fourth-order valence-electron chi connectivity index (χ4n) is 1.44. The lowest BCUT2D eigenvalue weighted by Crippen LogP contribution is -2.19. The molecule has 4 nitrogen and oxygen atoms in total. The summed E-state index contributed by atoms with van der Waals surface area (Å²) in [5.41, 5.74) is 6.21. The van der Waals surface area contributed by atoms with Crippen LogP contribution in [0.4, 0.5) is 15.8 Å². The first kappa shape index (κ1) is 14.4. The summed E-state index contributed by atoms with van der Waals surface area (Å²) in [6.45, 7) is 2.61. The average Bonchev–Trinajstić information content (AvgIpc) is 2.33. The molecule has 5 heteroatoms. The normalized spacial score (nSPS) is 10.3. The van der Waals surface area contributed by atoms with Crippen molar-refractivity contribution in [3.05, 3.63) is 24.0 Å². The fourth-order valence-corrected chi connectivity index (χ4v) is 1.44. The van der Waals surface area contributed by atoms with Crippen molar-refractivity contribution in [3.8, 4) is 0 Å². The molecule has 0 saturated carbocycles. The quantitative estimate of drug-likeness (QED) is 0.580. The number of nitrogens with two attached hydrogens (primary N) is 1. The molecule has 1 rings (SSSR count). The molecule has 0 aliphatic rings. The minimum Gasteiger partial charge on any atom is -0.397 e. The summed E-state index contributed by atoms with van der Waals surface area (Å²) < 4.78 is 18.1. The van der Waals surface area contributed by atoms with Gasteiger partial charge in [-0.2, -0.15) is 0 Å². The molecule has 1 amide bonds. The van der Waals surface area contributed by atoms with Crippen molar-refractivity contribution in [2.24, 2.45) is 0 Å². The molecule has 0 radical (unpaired) electrons. The number of carbonyl (C=O) groups is 1. The third-order valence-electron chi connectivity index (χ3n) is 2.41. The lowest BCUT2D eigenvalue weighted by atomic mass is 10.2. The number of hydrogen-bond donors (Lipinski definition) is 2. The number of amides is 1. The molecule has 100 valence electrons. The van der Waals surface area contributed by atoms with Crippen LogP contribution >= 0.6 is 0 Å². The van der Waals surface area contributed by atoms with E-state index in [1.165, 1.54) is 18.2 Å². The SMILES string of the molecule is CCCCCOCC(=O)Nc1cc(F)ccc1N. The van der Waals surface area contributed by atoms with Gasteiger partial charge in [-0.05, 0) is 24.6 Å². The molecular weight excluding hydrogens is 235 g/mol. The van der Waals surface area contributed by atoms with Gasteiger partial charge in [0.25, 0.3) is 0 Å². The highest BCUT2D eigenvalue weighted by atomic mass is 19.1. The van der Waals surface area contributed by atoms with Crippen molar-refractivity contribution in [1.82, 2.24) is 0 Å². The number of ether oxygens (including phenoxy) is 1. The molecule has 1 aromatic carbocycles.